The van der Waals surface area contributed by atoms with E-state index in [4.69, 9.17) is 0 Å². The van der Waals surface area contributed by atoms with Gasteiger partial charge in [0.05, 0.1) is 17.9 Å². The van der Waals surface area contributed by atoms with Gasteiger partial charge in [0.15, 0.2) is 0 Å². The smallest absolute Gasteiger partial charge is 0.233 e. The third-order valence-electron chi connectivity index (χ3n) is 6.07. The van der Waals surface area contributed by atoms with Crippen LogP contribution in [0.25, 0.3) is 0 Å². The number of nitrogens with zero attached hydrogens (tertiary/aromatic N) is 1. The molecule has 1 N–H and O–H groups in total. The summed E-state index contributed by atoms with van der Waals surface area (Å²) in [7, 11) is 0. The molecule has 2 atom stereocenters. The van der Waals surface area contributed by atoms with Gasteiger partial charge in [0.25, 0.3) is 0 Å². The average molecular weight is 390 g/mol. The second-order valence-corrected chi connectivity index (χ2v) is 7.90. The number of carbonyl (C=O) groups excluding carboxylic acids is 3. The number of fused-ring (bicyclic) bond motifs is 1. The summed E-state index contributed by atoms with van der Waals surface area (Å²) in [5.41, 5.74) is 1.98. The SMILES string of the molecule is O=C(CCN1C(=O)[C@@H]2CCCC[C@H]2C1=O)NC(c1ccccc1)c1ccccc1. The lowest BCUT2D eigenvalue weighted by atomic mass is 9.81. The van der Waals surface area contributed by atoms with E-state index in [1.54, 1.807) is 0 Å². The van der Waals surface area contributed by atoms with Gasteiger partial charge in [0.2, 0.25) is 17.7 Å². The van der Waals surface area contributed by atoms with Crippen LogP contribution in [0.1, 0.15) is 49.3 Å². The highest BCUT2D eigenvalue weighted by Gasteiger charge is 2.47. The Morgan fingerprint density at radius 1 is 0.862 bits per heavy atom. The fourth-order valence-electron chi connectivity index (χ4n) is 4.55. The average Bonchev–Trinajstić information content (AvgIpc) is 3.02. The molecular weight excluding hydrogens is 364 g/mol. The van der Waals surface area contributed by atoms with Crippen LogP contribution >= 0.6 is 0 Å². The molecule has 5 nitrogen and oxygen atoms in total. The molecule has 1 aliphatic carbocycles. The van der Waals surface area contributed by atoms with Crippen molar-refractivity contribution in [3.63, 3.8) is 0 Å². The van der Waals surface area contributed by atoms with Crippen LogP contribution in [-0.2, 0) is 14.4 Å². The maximum atomic E-state index is 12.7. The van der Waals surface area contributed by atoms with Crippen molar-refractivity contribution in [2.24, 2.45) is 11.8 Å². The van der Waals surface area contributed by atoms with Gasteiger partial charge in [-0.05, 0) is 24.0 Å². The predicted molar refractivity (Wildman–Crippen MR) is 110 cm³/mol. The molecule has 0 radical (unpaired) electrons. The van der Waals surface area contributed by atoms with Crippen molar-refractivity contribution in [1.82, 2.24) is 10.2 Å². The van der Waals surface area contributed by atoms with Crippen LogP contribution < -0.4 is 5.32 Å². The van der Waals surface area contributed by atoms with Crippen LogP contribution in [0, 0.1) is 11.8 Å². The number of rotatable bonds is 6. The summed E-state index contributed by atoms with van der Waals surface area (Å²) in [6.45, 7) is 0.160. The summed E-state index contributed by atoms with van der Waals surface area (Å²) >= 11 is 0. The van der Waals surface area contributed by atoms with E-state index in [1.807, 2.05) is 60.7 Å². The number of imide groups is 1. The standard InChI is InChI=1S/C24H26N2O3/c27-21(15-16-26-23(28)19-13-7-8-14-20(19)24(26)29)25-22(17-9-3-1-4-10-17)18-11-5-2-6-12-18/h1-6,9-12,19-20,22H,7-8,13-16H2,(H,25,27)/t19-,20-/m1/s1. The van der Waals surface area contributed by atoms with E-state index in [2.05, 4.69) is 5.32 Å². The zero-order valence-corrected chi connectivity index (χ0v) is 16.4. The Hall–Kier alpha value is -2.95. The summed E-state index contributed by atoms with van der Waals surface area (Å²) in [6.07, 6.45) is 3.71. The van der Waals surface area contributed by atoms with Crippen molar-refractivity contribution in [3.05, 3.63) is 71.8 Å². The molecule has 1 saturated heterocycles. The van der Waals surface area contributed by atoms with Crippen molar-refractivity contribution in [1.29, 1.82) is 0 Å². The van der Waals surface area contributed by atoms with Crippen molar-refractivity contribution < 1.29 is 14.4 Å². The zero-order valence-electron chi connectivity index (χ0n) is 16.4. The lowest BCUT2D eigenvalue weighted by molar-refractivity contribution is -0.140. The fraction of sp³-hybridized carbons (Fsp3) is 0.375. The van der Waals surface area contributed by atoms with Gasteiger partial charge in [-0.2, -0.15) is 0 Å². The lowest BCUT2D eigenvalue weighted by Crippen LogP contribution is -2.36. The highest BCUT2D eigenvalue weighted by molar-refractivity contribution is 6.05. The fourth-order valence-corrected chi connectivity index (χ4v) is 4.55. The van der Waals surface area contributed by atoms with Gasteiger partial charge in [0, 0.05) is 13.0 Å². The Kier molecular flexibility index (Phi) is 5.74. The minimum atomic E-state index is -0.266. The third kappa shape index (κ3) is 4.09. The van der Waals surface area contributed by atoms with E-state index < -0.39 is 0 Å². The van der Waals surface area contributed by atoms with Gasteiger partial charge in [-0.3, -0.25) is 19.3 Å². The molecule has 1 aliphatic heterocycles. The van der Waals surface area contributed by atoms with E-state index in [0.717, 1.165) is 36.8 Å². The van der Waals surface area contributed by atoms with E-state index in [9.17, 15) is 14.4 Å². The first-order valence-corrected chi connectivity index (χ1v) is 10.4. The number of hydrogen-bond donors (Lipinski definition) is 1. The van der Waals surface area contributed by atoms with Crippen LogP contribution in [0.2, 0.25) is 0 Å². The topological polar surface area (TPSA) is 66.5 Å². The molecular formula is C24H26N2O3. The first-order valence-electron chi connectivity index (χ1n) is 10.4. The molecule has 0 aromatic heterocycles. The Bertz CT molecular complexity index is 818. The normalized spacial score (nSPS) is 21.3. The number of amides is 3. The zero-order chi connectivity index (χ0) is 20.2. The summed E-state index contributed by atoms with van der Waals surface area (Å²) in [5, 5.41) is 3.08. The van der Waals surface area contributed by atoms with Crippen LogP contribution in [0.4, 0.5) is 0 Å². The largest absolute Gasteiger partial charge is 0.345 e. The maximum absolute atomic E-state index is 12.7. The number of carbonyl (C=O) groups is 3. The molecule has 3 amide bonds. The molecule has 5 heteroatoms. The van der Waals surface area contributed by atoms with Gasteiger partial charge in [-0.15, -0.1) is 0 Å². The molecule has 1 heterocycles. The number of likely N-dealkylation sites (tertiary alicyclic amines) is 1. The van der Waals surface area contributed by atoms with Crippen LogP contribution in [0.5, 0.6) is 0 Å². The second-order valence-electron chi connectivity index (χ2n) is 7.90. The quantitative estimate of drug-likeness (QED) is 0.768. The van der Waals surface area contributed by atoms with Gasteiger partial charge < -0.3 is 5.32 Å². The molecule has 2 fully saturated rings. The molecule has 0 unspecified atom stereocenters. The summed E-state index contributed by atoms with van der Waals surface area (Å²) in [4.78, 5) is 39.2. The Labute approximate surface area is 171 Å². The van der Waals surface area contributed by atoms with Gasteiger partial charge in [-0.25, -0.2) is 0 Å². The maximum Gasteiger partial charge on any atom is 0.233 e. The van der Waals surface area contributed by atoms with E-state index >= 15 is 0 Å². The van der Waals surface area contributed by atoms with E-state index in [0.29, 0.717) is 0 Å². The molecule has 1 saturated carbocycles. The molecule has 2 aliphatic rings. The van der Waals surface area contributed by atoms with Gasteiger partial charge in [0.1, 0.15) is 0 Å². The lowest BCUT2D eigenvalue weighted by Gasteiger charge is -2.21. The summed E-state index contributed by atoms with van der Waals surface area (Å²) in [6, 6.07) is 19.3. The number of nitrogens with one attached hydrogen (secondary N) is 1. The van der Waals surface area contributed by atoms with Crippen LogP contribution in [-0.4, -0.2) is 29.2 Å². The van der Waals surface area contributed by atoms with Gasteiger partial charge >= 0.3 is 0 Å². The first kappa shape index (κ1) is 19.4. The Balaban J connectivity index is 1.42. The molecule has 150 valence electrons. The minimum Gasteiger partial charge on any atom is -0.345 e. The van der Waals surface area contributed by atoms with E-state index in [1.165, 1.54) is 4.90 Å². The molecule has 4 rings (SSSR count). The predicted octanol–water partition coefficient (Wildman–Crippen LogP) is 3.46. The van der Waals surface area contributed by atoms with Crippen molar-refractivity contribution >= 4 is 17.7 Å². The third-order valence-corrected chi connectivity index (χ3v) is 6.07. The van der Waals surface area contributed by atoms with Crippen molar-refractivity contribution in [2.75, 3.05) is 6.54 Å². The van der Waals surface area contributed by atoms with Crippen molar-refractivity contribution in [3.8, 4) is 0 Å². The highest BCUT2D eigenvalue weighted by atomic mass is 16.2. The Morgan fingerprint density at radius 3 is 1.83 bits per heavy atom. The molecule has 0 bridgehead atoms. The second kappa shape index (κ2) is 8.60. The molecule has 0 spiro atoms. The number of hydrogen-bond acceptors (Lipinski definition) is 3. The highest BCUT2D eigenvalue weighted by Crippen LogP contribution is 2.38. The summed E-state index contributed by atoms with van der Waals surface area (Å²) < 4.78 is 0. The first-order chi connectivity index (χ1) is 14.1. The molecule has 2 aromatic carbocycles. The monoisotopic (exact) mass is 390 g/mol. The molecule has 29 heavy (non-hydrogen) atoms. The number of benzene rings is 2. The van der Waals surface area contributed by atoms with Crippen molar-refractivity contribution in [2.45, 2.75) is 38.1 Å². The van der Waals surface area contributed by atoms with Gasteiger partial charge in [-0.1, -0.05) is 73.5 Å². The molecule has 2 aromatic rings. The minimum absolute atomic E-state index is 0.0878. The Morgan fingerprint density at radius 2 is 1.34 bits per heavy atom. The summed E-state index contributed by atoms with van der Waals surface area (Å²) in [5.74, 6) is -0.676. The van der Waals surface area contributed by atoms with E-state index in [-0.39, 0.29) is 48.6 Å². The van der Waals surface area contributed by atoms with Crippen LogP contribution in [0.3, 0.4) is 0 Å². The van der Waals surface area contributed by atoms with Crippen LogP contribution in [0.15, 0.2) is 60.7 Å².